The summed E-state index contributed by atoms with van der Waals surface area (Å²) in [5.41, 5.74) is 0.844. The minimum atomic E-state index is -1.06. The van der Waals surface area contributed by atoms with Crippen LogP contribution in [0, 0.1) is 11.8 Å². The van der Waals surface area contributed by atoms with Gasteiger partial charge in [-0.1, -0.05) is 31.2 Å². The number of nitrogens with zero attached hydrogens (tertiary/aromatic N) is 3. The summed E-state index contributed by atoms with van der Waals surface area (Å²) in [5.74, 6) is 3.22. The number of rotatable bonds is 14. The maximum absolute atomic E-state index is 12.4. The van der Waals surface area contributed by atoms with E-state index in [2.05, 4.69) is 57.1 Å². The van der Waals surface area contributed by atoms with Gasteiger partial charge in [-0.2, -0.15) is 0 Å². The molecule has 13 heteroatoms. The number of hydrogen-bond acceptors (Lipinski definition) is 12. The minimum Gasteiger partial charge on any atom is -0.497 e. The summed E-state index contributed by atoms with van der Waals surface area (Å²) >= 11 is 0. The third-order valence-corrected chi connectivity index (χ3v) is 10.0. The number of methoxy groups -OCH3 is 2. The van der Waals surface area contributed by atoms with E-state index in [0.29, 0.717) is 12.5 Å². The molecule has 2 saturated heterocycles. The molecule has 0 saturated carbocycles. The summed E-state index contributed by atoms with van der Waals surface area (Å²) in [6.45, 7) is 30.6. The van der Waals surface area contributed by atoms with Crippen molar-refractivity contribution in [2.75, 3.05) is 79.7 Å². The summed E-state index contributed by atoms with van der Waals surface area (Å²) in [5, 5.41) is 3.48. The first kappa shape index (κ1) is 54.1. The molecule has 2 aromatic carbocycles. The summed E-state index contributed by atoms with van der Waals surface area (Å²) in [7, 11) is 3.44. The number of piperidine rings is 2. The fraction of sp³-hybridized carbons (Fsp3) is 0.694. The van der Waals surface area contributed by atoms with Crippen molar-refractivity contribution < 1.29 is 42.8 Å². The summed E-state index contributed by atoms with van der Waals surface area (Å²) < 4.78 is 29.9. The van der Waals surface area contributed by atoms with E-state index in [1.165, 1.54) is 56.4 Å². The quantitative estimate of drug-likeness (QED) is 0.110. The Morgan fingerprint density at radius 3 is 1.55 bits per heavy atom. The second-order valence-corrected chi connectivity index (χ2v) is 19.2. The van der Waals surface area contributed by atoms with Gasteiger partial charge in [0, 0.05) is 39.3 Å². The van der Waals surface area contributed by atoms with Crippen LogP contribution in [0.3, 0.4) is 0 Å². The minimum absolute atomic E-state index is 0.196. The van der Waals surface area contributed by atoms with Crippen molar-refractivity contribution in [1.29, 1.82) is 0 Å². The first-order valence-electron chi connectivity index (χ1n) is 22.6. The van der Waals surface area contributed by atoms with Crippen LogP contribution >= 0.6 is 0 Å². The number of ether oxygens (including phenoxy) is 6. The smallest absolute Gasteiger partial charge is 0.497 e. The van der Waals surface area contributed by atoms with Crippen molar-refractivity contribution in [2.45, 2.75) is 131 Å². The fourth-order valence-electron chi connectivity index (χ4n) is 7.18. The second kappa shape index (κ2) is 27.2. The Labute approximate surface area is 374 Å². The summed E-state index contributed by atoms with van der Waals surface area (Å²) in [4.78, 5) is 41.4. The zero-order chi connectivity index (χ0) is 46.3. The van der Waals surface area contributed by atoms with Gasteiger partial charge in [0.05, 0.1) is 14.2 Å². The number of carbonyl (C=O) groups excluding carboxylic acids is 3. The van der Waals surface area contributed by atoms with E-state index in [9.17, 15) is 14.4 Å². The standard InChI is InChI=1S/C22H36N2O3.C17H28N2O.C10H18O5/c1-6-24(21(25)27-22(2,3)4)17-19-10-8-13-23(16-19)14-12-18-9-7-11-20(15-18)26-5;1-3-18-13-16-7-5-10-19(14-16)11-9-15-6-4-8-17(12-15)20-2;1-9(2,3)14-7(11)13-8(12)15-10(4,5)6/h7,9,11,15,19H,6,8,10,12-14,16-17H2,1-5H3;4,6,8,12,16,18H,3,5,7,9-11,13-14H2,1-2H3;1-6H3. The number of amides is 1. The molecule has 0 spiro atoms. The van der Waals surface area contributed by atoms with Gasteiger partial charge >= 0.3 is 18.4 Å². The van der Waals surface area contributed by atoms with E-state index in [-0.39, 0.29) is 6.09 Å². The molecule has 0 bridgehead atoms. The fourth-order valence-corrected chi connectivity index (χ4v) is 7.18. The lowest BCUT2D eigenvalue weighted by molar-refractivity contribution is -0.0294. The van der Waals surface area contributed by atoms with E-state index < -0.39 is 29.1 Å². The Bertz CT molecular complexity index is 1570. The molecule has 0 aliphatic carbocycles. The van der Waals surface area contributed by atoms with Crippen molar-refractivity contribution >= 4 is 18.4 Å². The average Bonchev–Trinajstić information content (AvgIpc) is 3.19. The van der Waals surface area contributed by atoms with E-state index in [4.69, 9.17) is 23.7 Å². The van der Waals surface area contributed by atoms with Gasteiger partial charge in [-0.25, -0.2) is 14.4 Å². The van der Waals surface area contributed by atoms with Crippen LogP contribution in [-0.4, -0.2) is 130 Å². The average molecular weight is 871 g/mol. The molecule has 1 N–H and O–H groups in total. The number of benzene rings is 2. The molecule has 2 atom stereocenters. The van der Waals surface area contributed by atoms with Gasteiger partial charge in [-0.05, 0) is 181 Å². The number of likely N-dealkylation sites (tertiary alicyclic amines) is 2. The second-order valence-electron chi connectivity index (χ2n) is 19.2. The number of hydrogen-bond donors (Lipinski definition) is 1. The third-order valence-electron chi connectivity index (χ3n) is 10.0. The maximum Gasteiger partial charge on any atom is 0.519 e. The van der Waals surface area contributed by atoms with E-state index >= 15 is 0 Å². The molecule has 2 fully saturated rings. The molecule has 13 nitrogen and oxygen atoms in total. The van der Waals surface area contributed by atoms with Crippen molar-refractivity contribution in [3.8, 4) is 11.5 Å². The molecular formula is C49H82N4O9. The Hall–Kier alpha value is -4.07. The molecule has 2 aliphatic rings. The summed E-state index contributed by atoms with van der Waals surface area (Å²) in [6, 6.07) is 16.7. The first-order chi connectivity index (χ1) is 29.1. The molecule has 2 unspecified atom stereocenters. The van der Waals surface area contributed by atoms with Gasteiger partial charge in [0.2, 0.25) is 0 Å². The Morgan fingerprint density at radius 1 is 0.677 bits per heavy atom. The van der Waals surface area contributed by atoms with Crippen LogP contribution in [-0.2, 0) is 31.8 Å². The largest absolute Gasteiger partial charge is 0.519 e. The van der Waals surface area contributed by atoms with Crippen LogP contribution in [0.25, 0.3) is 0 Å². The van der Waals surface area contributed by atoms with Gasteiger partial charge < -0.3 is 48.4 Å². The van der Waals surface area contributed by atoms with Crippen molar-refractivity contribution in [2.24, 2.45) is 11.8 Å². The van der Waals surface area contributed by atoms with Crippen molar-refractivity contribution in [1.82, 2.24) is 20.0 Å². The Morgan fingerprint density at radius 2 is 1.13 bits per heavy atom. The lowest BCUT2D eigenvalue weighted by Crippen LogP contribution is -2.44. The highest BCUT2D eigenvalue weighted by Crippen LogP contribution is 2.22. The Balaban J connectivity index is 0.000000336. The highest BCUT2D eigenvalue weighted by atomic mass is 16.8. The molecule has 0 radical (unpaired) electrons. The molecule has 352 valence electrons. The highest BCUT2D eigenvalue weighted by molar-refractivity contribution is 5.77. The van der Waals surface area contributed by atoms with E-state index in [1.54, 1.807) is 55.8 Å². The lowest BCUT2D eigenvalue weighted by Gasteiger charge is -2.36. The van der Waals surface area contributed by atoms with Gasteiger partial charge in [-0.3, -0.25) is 0 Å². The monoisotopic (exact) mass is 871 g/mol. The van der Waals surface area contributed by atoms with Crippen LogP contribution in [0.4, 0.5) is 14.4 Å². The van der Waals surface area contributed by atoms with Crippen LogP contribution in [0.1, 0.15) is 113 Å². The first-order valence-corrected chi connectivity index (χ1v) is 22.6. The third kappa shape index (κ3) is 24.5. The van der Waals surface area contributed by atoms with Crippen LogP contribution in [0.15, 0.2) is 48.5 Å². The topological polar surface area (TPSA) is 128 Å². The number of carbonyl (C=O) groups is 3. The van der Waals surface area contributed by atoms with Crippen molar-refractivity contribution in [3.05, 3.63) is 59.7 Å². The van der Waals surface area contributed by atoms with Crippen LogP contribution in [0.2, 0.25) is 0 Å². The van der Waals surface area contributed by atoms with Gasteiger partial charge in [0.1, 0.15) is 28.3 Å². The van der Waals surface area contributed by atoms with Gasteiger partial charge in [-0.15, -0.1) is 0 Å². The zero-order valence-electron chi connectivity index (χ0n) is 40.6. The summed E-state index contributed by atoms with van der Waals surface area (Å²) in [6.07, 6.45) is 4.91. The Kier molecular flexibility index (Phi) is 23.7. The van der Waals surface area contributed by atoms with Gasteiger partial charge in [0.25, 0.3) is 0 Å². The normalized spacial score (nSPS) is 17.2. The molecule has 4 rings (SSSR count). The maximum atomic E-state index is 12.4. The van der Waals surface area contributed by atoms with Crippen LogP contribution < -0.4 is 14.8 Å². The SMILES string of the molecule is CC(C)(C)OC(=O)OC(=O)OC(C)(C)C.CCN(CC1CCCN(CCc2cccc(OC)c2)C1)C(=O)OC(C)(C)C.CCNCC1CCCN(CCc2cccc(OC)c2)C1. The molecule has 2 aromatic rings. The van der Waals surface area contributed by atoms with Crippen LogP contribution in [0.5, 0.6) is 11.5 Å². The van der Waals surface area contributed by atoms with Crippen molar-refractivity contribution in [3.63, 3.8) is 0 Å². The molecule has 1 amide bonds. The lowest BCUT2D eigenvalue weighted by atomic mass is 9.97. The van der Waals surface area contributed by atoms with E-state index in [0.717, 1.165) is 69.5 Å². The molecule has 62 heavy (non-hydrogen) atoms. The highest BCUT2D eigenvalue weighted by Gasteiger charge is 2.27. The molecular weight excluding hydrogens is 789 g/mol. The molecule has 2 heterocycles. The predicted molar refractivity (Wildman–Crippen MR) is 247 cm³/mol. The molecule has 2 aliphatic heterocycles. The zero-order valence-corrected chi connectivity index (χ0v) is 40.6. The molecule has 0 aromatic heterocycles. The van der Waals surface area contributed by atoms with Gasteiger partial charge in [0.15, 0.2) is 0 Å². The number of nitrogens with one attached hydrogen (secondary N) is 1. The predicted octanol–water partition coefficient (Wildman–Crippen LogP) is 9.64. The van der Waals surface area contributed by atoms with E-state index in [1.807, 2.05) is 50.8 Å².